The van der Waals surface area contributed by atoms with Gasteiger partial charge >= 0.3 is 0 Å². The van der Waals surface area contributed by atoms with E-state index in [1.807, 2.05) is 0 Å². The highest BCUT2D eigenvalue weighted by molar-refractivity contribution is 5.21. The third-order valence-corrected chi connectivity index (χ3v) is 2.14. The third kappa shape index (κ3) is 2.19. The second kappa shape index (κ2) is 3.42. The van der Waals surface area contributed by atoms with Crippen molar-refractivity contribution in [3.8, 4) is 0 Å². The standard InChI is InChI=1S/C10H14O2/c1-8-2-4-9(5-3-8)11-6-10-7-12-10/h2-4,9-10H,5-7H2,1H3. The molecule has 1 aliphatic heterocycles. The maximum atomic E-state index is 5.60. The first-order valence-corrected chi connectivity index (χ1v) is 4.43. The molecule has 1 fully saturated rings. The lowest BCUT2D eigenvalue weighted by molar-refractivity contribution is 0.0730. The molecule has 2 atom stereocenters. The van der Waals surface area contributed by atoms with Crippen LogP contribution in [0.2, 0.25) is 0 Å². The molecule has 0 aromatic rings. The predicted octanol–water partition coefficient (Wildman–Crippen LogP) is 1.68. The molecule has 2 rings (SSSR count). The zero-order chi connectivity index (χ0) is 8.39. The van der Waals surface area contributed by atoms with Crippen LogP contribution in [0.15, 0.2) is 23.8 Å². The Balaban J connectivity index is 1.72. The smallest absolute Gasteiger partial charge is 0.104 e. The van der Waals surface area contributed by atoms with Crippen molar-refractivity contribution in [2.75, 3.05) is 13.2 Å². The highest BCUT2D eigenvalue weighted by Gasteiger charge is 2.23. The summed E-state index contributed by atoms with van der Waals surface area (Å²) < 4.78 is 10.7. The van der Waals surface area contributed by atoms with Crippen LogP contribution in [-0.4, -0.2) is 25.4 Å². The molecule has 0 saturated carbocycles. The minimum absolute atomic E-state index is 0.276. The molecular weight excluding hydrogens is 152 g/mol. The maximum absolute atomic E-state index is 5.60. The van der Waals surface area contributed by atoms with Gasteiger partial charge in [0.25, 0.3) is 0 Å². The fourth-order valence-corrected chi connectivity index (χ4v) is 1.23. The summed E-state index contributed by atoms with van der Waals surface area (Å²) >= 11 is 0. The second-order valence-corrected chi connectivity index (χ2v) is 3.37. The summed E-state index contributed by atoms with van der Waals surface area (Å²) in [6, 6.07) is 0. The Hall–Kier alpha value is -0.600. The van der Waals surface area contributed by atoms with Crippen molar-refractivity contribution in [3.05, 3.63) is 23.8 Å². The number of hydrogen-bond acceptors (Lipinski definition) is 2. The van der Waals surface area contributed by atoms with Crippen LogP contribution >= 0.6 is 0 Å². The summed E-state index contributed by atoms with van der Waals surface area (Å²) in [5.41, 5.74) is 1.33. The number of rotatable bonds is 3. The molecule has 2 heteroatoms. The van der Waals surface area contributed by atoms with E-state index >= 15 is 0 Å². The van der Waals surface area contributed by atoms with Gasteiger partial charge in [0.15, 0.2) is 0 Å². The lowest BCUT2D eigenvalue weighted by Crippen LogP contribution is -2.14. The molecule has 2 nitrogen and oxygen atoms in total. The first kappa shape index (κ1) is 8.02. The van der Waals surface area contributed by atoms with E-state index in [1.165, 1.54) is 5.57 Å². The molecule has 0 N–H and O–H groups in total. The normalized spacial score (nSPS) is 33.2. The van der Waals surface area contributed by atoms with Crippen LogP contribution < -0.4 is 0 Å². The monoisotopic (exact) mass is 166 g/mol. The van der Waals surface area contributed by atoms with E-state index in [9.17, 15) is 0 Å². The van der Waals surface area contributed by atoms with E-state index in [-0.39, 0.29) is 6.10 Å². The molecule has 2 unspecified atom stereocenters. The van der Waals surface area contributed by atoms with E-state index in [2.05, 4.69) is 25.2 Å². The summed E-state index contributed by atoms with van der Waals surface area (Å²) in [6.45, 7) is 3.74. The summed E-state index contributed by atoms with van der Waals surface area (Å²) in [5.74, 6) is 0. The van der Waals surface area contributed by atoms with E-state index in [0.717, 1.165) is 19.6 Å². The summed E-state index contributed by atoms with van der Waals surface area (Å²) in [4.78, 5) is 0. The van der Waals surface area contributed by atoms with Gasteiger partial charge in [0, 0.05) is 0 Å². The molecule has 0 aromatic carbocycles. The van der Waals surface area contributed by atoms with Crippen molar-refractivity contribution in [3.63, 3.8) is 0 Å². The molecule has 2 aliphatic rings. The number of allylic oxidation sites excluding steroid dienone is 2. The Morgan fingerprint density at radius 2 is 2.50 bits per heavy atom. The maximum Gasteiger partial charge on any atom is 0.104 e. The van der Waals surface area contributed by atoms with Crippen molar-refractivity contribution in [1.29, 1.82) is 0 Å². The van der Waals surface area contributed by atoms with Crippen LogP contribution in [0.5, 0.6) is 0 Å². The van der Waals surface area contributed by atoms with Gasteiger partial charge in [0.1, 0.15) is 6.10 Å². The fourth-order valence-electron chi connectivity index (χ4n) is 1.23. The Morgan fingerprint density at radius 1 is 1.67 bits per heavy atom. The van der Waals surface area contributed by atoms with E-state index < -0.39 is 0 Å². The van der Waals surface area contributed by atoms with Crippen molar-refractivity contribution in [2.45, 2.75) is 25.6 Å². The number of hydrogen-bond donors (Lipinski definition) is 0. The predicted molar refractivity (Wildman–Crippen MR) is 47.0 cm³/mol. The molecule has 66 valence electrons. The minimum atomic E-state index is 0.276. The van der Waals surface area contributed by atoms with Gasteiger partial charge in [0.2, 0.25) is 0 Å². The average molecular weight is 166 g/mol. The van der Waals surface area contributed by atoms with Crippen LogP contribution in [-0.2, 0) is 9.47 Å². The zero-order valence-corrected chi connectivity index (χ0v) is 7.32. The third-order valence-electron chi connectivity index (χ3n) is 2.14. The van der Waals surface area contributed by atoms with Crippen molar-refractivity contribution in [1.82, 2.24) is 0 Å². The molecule has 1 aliphatic carbocycles. The Kier molecular flexibility index (Phi) is 2.28. The molecule has 1 heterocycles. The highest BCUT2D eigenvalue weighted by atomic mass is 16.6. The largest absolute Gasteiger partial charge is 0.371 e. The lowest BCUT2D eigenvalue weighted by atomic mass is 10.1. The SMILES string of the molecule is CC1=CCC(OCC2CO2)C=C1. The van der Waals surface area contributed by atoms with Crippen molar-refractivity contribution >= 4 is 0 Å². The van der Waals surface area contributed by atoms with Crippen LogP contribution in [0.1, 0.15) is 13.3 Å². The van der Waals surface area contributed by atoms with Crippen LogP contribution in [0.3, 0.4) is 0 Å². The number of ether oxygens (including phenoxy) is 2. The molecule has 12 heavy (non-hydrogen) atoms. The first-order valence-electron chi connectivity index (χ1n) is 4.43. The molecule has 0 spiro atoms. The van der Waals surface area contributed by atoms with Crippen molar-refractivity contribution < 1.29 is 9.47 Å². The second-order valence-electron chi connectivity index (χ2n) is 3.37. The quantitative estimate of drug-likeness (QED) is 0.595. The first-order chi connectivity index (χ1) is 5.84. The van der Waals surface area contributed by atoms with Gasteiger partial charge in [-0.05, 0) is 13.3 Å². The van der Waals surface area contributed by atoms with Gasteiger partial charge in [-0.1, -0.05) is 23.8 Å². The van der Waals surface area contributed by atoms with Gasteiger partial charge in [-0.25, -0.2) is 0 Å². The molecule has 0 amide bonds. The Labute approximate surface area is 72.9 Å². The summed E-state index contributed by atoms with van der Waals surface area (Å²) in [5, 5.41) is 0. The molecule has 1 saturated heterocycles. The summed E-state index contributed by atoms with van der Waals surface area (Å²) in [6.07, 6.45) is 8.11. The van der Waals surface area contributed by atoms with E-state index in [1.54, 1.807) is 0 Å². The Morgan fingerprint density at radius 3 is 3.08 bits per heavy atom. The minimum Gasteiger partial charge on any atom is -0.371 e. The van der Waals surface area contributed by atoms with Crippen LogP contribution in [0.4, 0.5) is 0 Å². The Bertz CT molecular complexity index is 214. The molecule has 0 aromatic heterocycles. The number of epoxide rings is 1. The van der Waals surface area contributed by atoms with Gasteiger partial charge in [0.05, 0.1) is 19.3 Å². The van der Waals surface area contributed by atoms with Gasteiger partial charge in [-0.15, -0.1) is 0 Å². The lowest BCUT2D eigenvalue weighted by Gasteiger charge is -2.14. The molecule has 0 bridgehead atoms. The van der Waals surface area contributed by atoms with Crippen LogP contribution in [0, 0.1) is 0 Å². The van der Waals surface area contributed by atoms with Gasteiger partial charge in [-0.3, -0.25) is 0 Å². The van der Waals surface area contributed by atoms with Gasteiger partial charge < -0.3 is 9.47 Å². The fraction of sp³-hybridized carbons (Fsp3) is 0.600. The average Bonchev–Trinajstić information content (AvgIpc) is 2.87. The van der Waals surface area contributed by atoms with E-state index in [0.29, 0.717) is 6.10 Å². The molecular formula is C10H14O2. The summed E-state index contributed by atoms with van der Waals surface area (Å²) in [7, 11) is 0. The topological polar surface area (TPSA) is 21.8 Å². The van der Waals surface area contributed by atoms with Crippen LogP contribution in [0.25, 0.3) is 0 Å². The van der Waals surface area contributed by atoms with E-state index in [4.69, 9.17) is 9.47 Å². The zero-order valence-electron chi connectivity index (χ0n) is 7.32. The van der Waals surface area contributed by atoms with Crippen molar-refractivity contribution in [2.24, 2.45) is 0 Å². The van der Waals surface area contributed by atoms with Gasteiger partial charge in [-0.2, -0.15) is 0 Å². The molecule has 0 radical (unpaired) electrons. The highest BCUT2D eigenvalue weighted by Crippen LogP contribution is 2.15.